The fourth-order valence-electron chi connectivity index (χ4n) is 4.54. The maximum Gasteiger partial charge on any atom is 0.501 e. The number of aryl methyl sites for hydroxylation is 3. The molecular weight excluding hydrogens is 577 g/mol. The zero-order chi connectivity index (χ0) is 29.4. The minimum atomic E-state index is -5.64. The molecule has 0 N–H and O–H groups in total. The molecular formula is C29H23F3N2O5S2. The Balaban J connectivity index is 1.52. The van der Waals surface area contributed by atoms with Crippen molar-refractivity contribution in [2.24, 2.45) is 0 Å². The van der Waals surface area contributed by atoms with Gasteiger partial charge in [-0.15, -0.1) is 0 Å². The zero-order valence-corrected chi connectivity index (χ0v) is 23.2. The fourth-order valence-corrected chi connectivity index (χ4v) is 6.25. The highest BCUT2D eigenvalue weighted by molar-refractivity contribution is 7.92. The summed E-state index contributed by atoms with van der Waals surface area (Å²) in [5, 5.41) is 6.66. The number of nitrogens with zero attached hydrogens (tertiary/aromatic N) is 2. The molecule has 0 fully saturated rings. The Morgan fingerprint density at radius 2 is 1.39 bits per heavy atom. The Kier molecular flexibility index (Phi) is 7.39. The van der Waals surface area contributed by atoms with E-state index in [1.165, 1.54) is 4.68 Å². The number of alkyl halides is 3. The molecule has 0 aliphatic carbocycles. The molecule has 7 nitrogen and oxygen atoms in total. The van der Waals surface area contributed by atoms with E-state index in [0.717, 1.165) is 28.5 Å². The largest absolute Gasteiger partial charge is 0.501 e. The first-order valence-electron chi connectivity index (χ1n) is 12.3. The van der Waals surface area contributed by atoms with E-state index in [9.17, 15) is 30.0 Å². The molecule has 212 valence electrons. The normalized spacial score (nSPS) is 12.5. The van der Waals surface area contributed by atoms with Crippen molar-refractivity contribution in [3.05, 3.63) is 108 Å². The van der Waals surface area contributed by atoms with Crippen LogP contribution in [0.25, 0.3) is 21.9 Å². The van der Waals surface area contributed by atoms with Crippen LogP contribution in [0.5, 0.6) is 5.88 Å². The number of fused-ring (bicyclic) bond motifs is 1. The summed E-state index contributed by atoms with van der Waals surface area (Å²) in [5.41, 5.74) is -2.91. The Bertz CT molecular complexity index is 1930. The molecule has 5 aromatic rings. The van der Waals surface area contributed by atoms with Crippen molar-refractivity contribution < 1.29 is 34.2 Å². The van der Waals surface area contributed by atoms with E-state index in [1.54, 1.807) is 37.3 Å². The van der Waals surface area contributed by atoms with E-state index >= 15 is 0 Å². The summed E-state index contributed by atoms with van der Waals surface area (Å²) in [5.74, 6) is -0.0686. The van der Waals surface area contributed by atoms with Crippen LogP contribution in [0.15, 0.2) is 107 Å². The first-order valence-corrected chi connectivity index (χ1v) is 15.2. The third kappa shape index (κ3) is 5.57. The number of hydrogen-bond acceptors (Lipinski definition) is 6. The molecule has 0 unspecified atom stereocenters. The molecule has 5 rings (SSSR count). The van der Waals surface area contributed by atoms with Crippen molar-refractivity contribution in [3.8, 4) is 17.0 Å². The average molecular weight is 601 g/mol. The van der Waals surface area contributed by atoms with Crippen LogP contribution >= 0.6 is 0 Å². The highest BCUT2D eigenvalue weighted by Crippen LogP contribution is 2.36. The van der Waals surface area contributed by atoms with Crippen LogP contribution in [0, 0.1) is 6.92 Å². The molecule has 0 saturated heterocycles. The van der Waals surface area contributed by atoms with Gasteiger partial charge in [0.1, 0.15) is 4.90 Å². The van der Waals surface area contributed by atoms with E-state index in [2.05, 4.69) is 5.10 Å². The summed E-state index contributed by atoms with van der Waals surface area (Å²) in [6.07, 6.45) is 0.497. The van der Waals surface area contributed by atoms with E-state index in [-0.39, 0.29) is 12.4 Å². The van der Waals surface area contributed by atoms with Gasteiger partial charge in [0, 0.05) is 6.54 Å². The summed E-state index contributed by atoms with van der Waals surface area (Å²) in [7, 11) is -10.2. The smallest absolute Gasteiger partial charge is 0.358 e. The first kappa shape index (κ1) is 28.4. The zero-order valence-electron chi connectivity index (χ0n) is 21.5. The molecule has 1 heterocycles. The second-order valence-corrected chi connectivity index (χ2v) is 12.7. The number of benzene rings is 4. The quantitative estimate of drug-likeness (QED) is 0.194. The maximum absolute atomic E-state index is 13.3. The molecule has 0 saturated carbocycles. The van der Waals surface area contributed by atoms with Gasteiger partial charge in [0.05, 0.1) is 16.2 Å². The van der Waals surface area contributed by atoms with Gasteiger partial charge in [-0.25, -0.2) is 13.1 Å². The highest BCUT2D eigenvalue weighted by atomic mass is 32.2. The molecule has 0 aliphatic rings. The fraction of sp³-hybridized carbons (Fsp3) is 0.138. The van der Waals surface area contributed by atoms with Crippen LogP contribution in [0.2, 0.25) is 0 Å². The summed E-state index contributed by atoms with van der Waals surface area (Å²) in [6.45, 7) is 1.97. The molecule has 0 radical (unpaired) electrons. The van der Waals surface area contributed by atoms with Crippen molar-refractivity contribution in [2.45, 2.75) is 35.2 Å². The molecule has 4 aromatic carbocycles. The number of halogens is 3. The van der Waals surface area contributed by atoms with Crippen LogP contribution < -0.4 is 4.18 Å². The maximum atomic E-state index is 13.3. The molecule has 0 atom stereocenters. The highest BCUT2D eigenvalue weighted by Gasteiger charge is 2.46. The van der Waals surface area contributed by atoms with E-state index < -0.39 is 35.3 Å². The van der Waals surface area contributed by atoms with Crippen molar-refractivity contribution in [1.82, 2.24) is 9.78 Å². The number of sulfone groups is 1. The second-order valence-electron chi connectivity index (χ2n) is 9.20. The lowest BCUT2D eigenvalue weighted by Gasteiger charge is -2.13. The minimum absolute atomic E-state index is 0.0686. The lowest BCUT2D eigenvalue weighted by molar-refractivity contribution is -0.0436. The number of hydrogen-bond donors (Lipinski definition) is 0. The Morgan fingerprint density at radius 1 is 0.780 bits per heavy atom. The summed E-state index contributed by atoms with van der Waals surface area (Å²) in [4.78, 5) is -1.60. The Hall–Kier alpha value is -4.16. The van der Waals surface area contributed by atoms with Crippen molar-refractivity contribution in [2.75, 3.05) is 0 Å². The standard InChI is InChI=1S/C29H23F3N2O5S2/c1-20-27(23-9-3-2-4-10-23)28(34(33-20)19-18-22-12-7-11-21-8-5-6-13-26(21)22)39-41(37,38)25-16-14-24(15-17-25)40(35,36)29(30,31)32/h2-17H,18-19H2,1H3. The Labute approximate surface area is 234 Å². The van der Waals surface area contributed by atoms with Gasteiger partial charge in [-0.05, 0) is 59.5 Å². The predicted molar refractivity (Wildman–Crippen MR) is 148 cm³/mol. The third-order valence-electron chi connectivity index (χ3n) is 6.53. The molecule has 0 bridgehead atoms. The van der Waals surface area contributed by atoms with Crippen LogP contribution in [0.4, 0.5) is 13.2 Å². The van der Waals surface area contributed by atoms with Crippen molar-refractivity contribution >= 4 is 30.7 Å². The van der Waals surface area contributed by atoms with Gasteiger partial charge >= 0.3 is 15.6 Å². The van der Waals surface area contributed by atoms with Gasteiger partial charge in [0.25, 0.3) is 9.84 Å². The number of aromatic nitrogens is 2. The first-order chi connectivity index (χ1) is 19.4. The summed E-state index contributed by atoms with van der Waals surface area (Å²) < 4.78 is 95.9. The minimum Gasteiger partial charge on any atom is -0.358 e. The molecule has 0 aliphatic heterocycles. The lowest BCUT2D eigenvalue weighted by Crippen LogP contribution is -2.23. The van der Waals surface area contributed by atoms with Crippen molar-refractivity contribution in [1.29, 1.82) is 0 Å². The molecule has 0 amide bonds. The van der Waals surface area contributed by atoms with Gasteiger partial charge in [-0.3, -0.25) is 0 Å². The van der Waals surface area contributed by atoms with Crippen molar-refractivity contribution in [3.63, 3.8) is 0 Å². The third-order valence-corrected chi connectivity index (χ3v) is 9.26. The predicted octanol–water partition coefficient (Wildman–Crippen LogP) is 6.32. The van der Waals surface area contributed by atoms with Crippen LogP contribution in [0.1, 0.15) is 11.3 Å². The van der Waals surface area contributed by atoms with Gasteiger partial charge in [0.2, 0.25) is 5.88 Å². The number of rotatable bonds is 8. The second kappa shape index (κ2) is 10.7. The Morgan fingerprint density at radius 3 is 2.07 bits per heavy atom. The SMILES string of the molecule is Cc1nn(CCc2cccc3ccccc23)c(OS(=O)(=O)c2ccc(S(=O)(=O)C(F)(F)F)cc2)c1-c1ccccc1. The van der Waals surface area contributed by atoms with Gasteiger partial charge < -0.3 is 4.18 Å². The molecule has 12 heteroatoms. The lowest BCUT2D eigenvalue weighted by atomic mass is 10.0. The van der Waals surface area contributed by atoms with Crippen LogP contribution in [-0.2, 0) is 32.9 Å². The molecule has 41 heavy (non-hydrogen) atoms. The van der Waals surface area contributed by atoms with Crippen LogP contribution in [0.3, 0.4) is 0 Å². The van der Waals surface area contributed by atoms with Crippen LogP contribution in [-0.4, -0.2) is 32.1 Å². The van der Waals surface area contributed by atoms with E-state index in [4.69, 9.17) is 4.18 Å². The van der Waals surface area contributed by atoms with Gasteiger partial charge in [-0.2, -0.15) is 26.7 Å². The topological polar surface area (TPSA) is 95.3 Å². The molecule has 1 aromatic heterocycles. The summed E-state index contributed by atoms with van der Waals surface area (Å²) in [6, 6.07) is 25.4. The molecule has 0 spiro atoms. The van der Waals surface area contributed by atoms with E-state index in [0.29, 0.717) is 35.4 Å². The average Bonchev–Trinajstić information content (AvgIpc) is 3.25. The monoisotopic (exact) mass is 600 g/mol. The summed E-state index contributed by atoms with van der Waals surface area (Å²) >= 11 is 0. The van der Waals surface area contributed by atoms with Gasteiger partial charge in [-0.1, -0.05) is 72.8 Å². The van der Waals surface area contributed by atoms with Gasteiger partial charge in [0.15, 0.2) is 0 Å². The van der Waals surface area contributed by atoms with E-state index in [1.807, 2.05) is 42.5 Å².